The van der Waals surface area contributed by atoms with Crippen LogP contribution < -0.4 is 5.73 Å². The summed E-state index contributed by atoms with van der Waals surface area (Å²) in [6, 6.07) is 11.2. The number of fused-ring (bicyclic) bond motifs is 1. The number of hydrogen-bond acceptors (Lipinski definition) is 7. The van der Waals surface area contributed by atoms with Crippen molar-refractivity contribution in [3.63, 3.8) is 0 Å². The van der Waals surface area contributed by atoms with E-state index >= 15 is 0 Å². The van der Waals surface area contributed by atoms with E-state index in [0.717, 1.165) is 26.2 Å². The van der Waals surface area contributed by atoms with Gasteiger partial charge in [-0.25, -0.2) is 15.0 Å². The lowest BCUT2D eigenvalue weighted by Crippen LogP contribution is -1.96. The van der Waals surface area contributed by atoms with Crippen LogP contribution in [0.5, 0.6) is 0 Å². The Bertz CT molecular complexity index is 1110. The third kappa shape index (κ3) is 3.71. The van der Waals surface area contributed by atoms with E-state index in [1.807, 2.05) is 12.1 Å². The van der Waals surface area contributed by atoms with Crippen LogP contribution in [0.15, 0.2) is 59.4 Å². The van der Waals surface area contributed by atoms with Gasteiger partial charge in [-0.2, -0.15) is 5.26 Å². The van der Waals surface area contributed by atoms with Gasteiger partial charge in [0.15, 0.2) is 5.82 Å². The number of ether oxygens (including phenoxy) is 1. The number of methoxy groups -OCH3 is 1. The van der Waals surface area contributed by atoms with Crippen LogP contribution in [0.1, 0.15) is 10.4 Å². The molecule has 2 N–H and O–H groups in total. The van der Waals surface area contributed by atoms with Gasteiger partial charge in [-0.3, -0.25) is 0 Å². The van der Waals surface area contributed by atoms with Crippen molar-refractivity contribution in [3.05, 3.63) is 64.9 Å². The number of aromatic nitrogens is 2. The molecule has 0 atom stereocenters. The Morgan fingerprint density at radius 3 is 2.89 bits per heavy atom. The smallest absolute Gasteiger partial charge is 0.215 e. The average Bonchev–Trinajstić information content (AvgIpc) is 3.11. The molecule has 0 radical (unpaired) electrons. The summed E-state index contributed by atoms with van der Waals surface area (Å²) in [5.41, 5.74) is 8.28. The number of anilines is 1. The molecule has 0 saturated carbocycles. The molecule has 0 amide bonds. The lowest BCUT2D eigenvalue weighted by Gasteiger charge is -2.05. The Hall–Kier alpha value is -3.50. The first-order chi connectivity index (χ1) is 13.1. The SMILES string of the molecule is C=C/C(Cc1cc2c(N)nc(-c3cccc(C#N)c3)nc2s1)=C(\N=C)OC. The third-order valence-electron chi connectivity index (χ3n) is 3.95. The van der Waals surface area contributed by atoms with E-state index in [-0.39, 0.29) is 0 Å². The highest BCUT2D eigenvalue weighted by Gasteiger charge is 2.13. The molecule has 27 heavy (non-hydrogen) atoms. The molecule has 1 aromatic carbocycles. The summed E-state index contributed by atoms with van der Waals surface area (Å²) < 4.78 is 5.23. The predicted octanol–water partition coefficient (Wildman–Crippen LogP) is 4.10. The molecule has 2 aromatic heterocycles. The second-order valence-electron chi connectivity index (χ2n) is 5.63. The van der Waals surface area contributed by atoms with Crippen molar-refractivity contribution < 1.29 is 4.74 Å². The topological polar surface area (TPSA) is 97.2 Å². The van der Waals surface area contributed by atoms with E-state index in [2.05, 4.69) is 34.3 Å². The number of nitrogens with two attached hydrogens (primary N) is 1. The molecule has 0 aliphatic carbocycles. The highest BCUT2D eigenvalue weighted by atomic mass is 32.1. The van der Waals surface area contributed by atoms with E-state index in [4.69, 9.17) is 15.7 Å². The standard InChI is InChI=1S/C20H17N5OS/c1-4-13(19(23-2)26-3)9-15-10-16-17(22)24-18(25-20(16)27-15)14-7-5-6-12(8-14)11-21/h4-8,10H,1-2,9H2,3H3,(H2,22,24,25)/b19-13-. The monoisotopic (exact) mass is 375 g/mol. The van der Waals surface area contributed by atoms with Gasteiger partial charge in [0.2, 0.25) is 5.88 Å². The highest BCUT2D eigenvalue weighted by molar-refractivity contribution is 7.18. The summed E-state index contributed by atoms with van der Waals surface area (Å²) in [5.74, 6) is 1.34. The van der Waals surface area contributed by atoms with Crippen molar-refractivity contribution in [1.82, 2.24) is 9.97 Å². The Balaban J connectivity index is 2.04. The zero-order valence-electron chi connectivity index (χ0n) is 14.8. The van der Waals surface area contributed by atoms with Crippen molar-refractivity contribution in [3.8, 4) is 17.5 Å². The lowest BCUT2D eigenvalue weighted by atomic mass is 10.1. The van der Waals surface area contributed by atoms with Gasteiger partial charge < -0.3 is 10.5 Å². The van der Waals surface area contributed by atoms with Gasteiger partial charge in [0.25, 0.3) is 0 Å². The summed E-state index contributed by atoms with van der Waals surface area (Å²) in [4.78, 5) is 14.7. The number of rotatable bonds is 6. The first-order valence-corrected chi connectivity index (χ1v) is 8.84. The molecule has 3 rings (SSSR count). The molecule has 0 aliphatic heterocycles. The minimum absolute atomic E-state index is 0.401. The lowest BCUT2D eigenvalue weighted by molar-refractivity contribution is 0.285. The Morgan fingerprint density at radius 1 is 1.41 bits per heavy atom. The highest BCUT2D eigenvalue weighted by Crippen LogP contribution is 2.32. The molecule has 3 aromatic rings. The van der Waals surface area contributed by atoms with Crippen molar-refractivity contribution in [2.75, 3.05) is 12.8 Å². The van der Waals surface area contributed by atoms with E-state index in [0.29, 0.717) is 29.5 Å². The zero-order valence-corrected chi connectivity index (χ0v) is 15.6. The first kappa shape index (κ1) is 18.3. The molecular formula is C20H17N5OS. The molecule has 2 heterocycles. The Kier molecular flexibility index (Phi) is 5.29. The maximum Gasteiger partial charge on any atom is 0.215 e. The van der Waals surface area contributed by atoms with Gasteiger partial charge in [0.1, 0.15) is 10.6 Å². The summed E-state index contributed by atoms with van der Waals surface area (Å²) in [5, 5.41) is 9.88. The minimum Gasteiger partial charge on any atom is -0.481 e. The fraction of sp³-hybridized carbons (Fsp3) is 0.100. The van der Waals surface area contributed by atoms with Crippen LogP contribution in [0.25, 0.3) is 21.6 Å². The Labute approximate surface area is 161 Å². The van der Waals surface area contributed by atoms with Gasteiger partial charge in [-0.15, -0.1) is 11.3 Å². The molecule has 6 nitrogen and oxygen atoms in total. The molecule has 0 saturated heterocycles. The number of nitriles is 1. The second kappa shape index (κ2) is 7.81. The van der Waals surface area contributed by atoms with Crippen LogP contribution in [0, 0.1) is 11.3 Å². The van der Waals surface area contributed by atoms with Crippen LogP contribution in [-0.2, 0) is 11.2 Å². The summed E-state index contributed by atoms with van der Waals surface area (Å²) >= 11 is 1.52. The number of thiophene rings is 1. The van der Waals surface area contributed by atoms with Crippen LogP contribution >= 0.6 is 11.3 Å². The van der Waals surface area contributed by atoms with Gasteiger partial charge in [0, 0.05) is 22.4 Å². The predicted molar refractivity (Wildman–Crippen MR) is 109 cm³/mol. The van der Waals surface area contributed by atoms with Gasteiger partial charge in [-0.05, 0) is 24.9 Å². The van der Waals surface area contributed by atoms with E-state index < -0.39 is 0 Å². The summed E-state index contributed by atoms with van der Waals surface area (Å²) in [6.07, 6.45) is 2.27. The number of aliphatic imine (C=N–C) groups is 1. The van der Waals surface area contributed by atoms with Crippen molar-refractivity contribution >= 4 is 34.1 Å². The van der Waals surface area contributed by atoms with E-state index in [1.165, 1.54) is 11.3 Å². The van der Waals surface area contributed by atoms with Crippen LogP contribution in [0.3, 0.4) is 0 Å². The summed E-state index contributed by atoms with van der Waals surface area (Å²) in [6.45, 7) is 7.33. The molecule has 0 unspecified atom stereocenters. The fourth-order valence-corrected chi connectivity index (χ4v) is 3.72. The molecular weight excluding hydrogens is 358 g/mol. The van der Waals surface area contributed by atoms with Gasteiger partial charge >= 0.3 is 0 Å². The minimum atomic E-state index is 0.401. The third-order valence-corrected chi connectivity index (χ3v) is 4.97. The number of benzene rings is 1. The zero-order chi connectivity index (χ0) is 19.4. The van der Waals surface area contributed by atoms with Crippen molar-refractivity contribution in [2.45, 2.75) is 6.42 Å². The molecule has 0 spiro atoms. The van der Waals surface area contributed by atoms with E-state index in [1.54, 1.807) is 31.4 Å². The maximum absolute atomic E-state index is 9.08. The first-order valence-electron chi connectivity index (χ1n) is 8.02. The largest absolute Gasteiger partial charge is 0.481 e. The molecule has 0 bridgehead atoms. The van der Waals surface area contributed by atoms with Crippen LogP contribution in [-0.4, -0.2) is 23.8 Å². The summed E-state index contributed by atoms with van der Waals surface area (Å²) in [7, 11) is 1.55. The quantitative estimate of drug-likeness (QED) is 0.397. The molecule has 7 heteroatoms. The fourth-order valence-electron chi connectivity index (χ4n) is 2.66. The van der Waals surface area contributed by atoms with Gasteiger partial charge in [-0.1, -0.05) is 24.8 Å². The Morgan fingerprint density at radius 2 is 2.22 bits per heavy atom. The van der Waals surface area contributed by atoms with Crippen LogP contribution in [0.4, 0.5) is 5.82 Å². The number of hydrogen-bond donors (Lipinski definition) is 1. The van der Waals surface area contributed by atoms with Crippen LogP contribution in [0.2, 0.25) is 0 Å². The molecule has 0 aliphatic rings. The number of nitrogens with zero attached hydrogens (tertiary/aromatic N) is 4. The number of nitrogen functional groups attached to an aromatic ring is 1. The average molecular weight is 375 g/mol. The van der Waals surface area contributed by atoms with E-state index in [9.17, 15) is 0 Å². The van der Waals surface area contributed by atoms with Crippen molar-refractivity contribution in [2.24, 2.45) is 4.99 Å². The molecule has 0 fully saturated rings. The molecule has 134 valence electrons. The van der Waals surface area contributed by atoms with Crippen molar-refractivity contribution in [1.29, 1.82) is 5.26 Å². The van der Waals surface area contributed by atoms with Gasteiger partial charge in [0.05, 0.1) is 24.1 Å². The maximum atomic E-state index is 9.08. The number of allylic oxidation sites excluding steroid dienone is 2. The normalized spacial score (nSPS) is 11.6. The second-order valence-corrected chi connectivity index (χ2v) is 6.75.